The summed E-state index contributed by atoms with van der Waals surface area (Å²) in [6.07, 6.45) is 3.38. The fourth-order valence-corrected chi connectivity index (χ4v) is 2.86. The molecule has 0 radical (unpaired) electrons. The van der Waals surface area contributed by atoms with Crippen molar-refractivity contribution in [2.75, 3.05) is 0 Å². The Labute approximate surface area is 118 Å². The van der Waals surface area contributed by atoms with Crippen LogP contribution in [0.1, 0.15) is 64.6 Å². The lowest BCUT2D eigenvalue weighted by molar-refractivity contribution is 0.276. The number of aryl methyl sites for hydroxylation is 1. The van der Waals surface area contributed by atoms with Gasteiger partial charge >= 0.3 is 0 Å². The summed E-state index contributed by atoms with van der Waals surface area (Å²) in [4.78, 5) is 0. The Morgan fingerprint density at radius 1 is 1.26 bits per heavy atom. The summed E-state index contributed by atoms with van der Waals surface area (Å²) in [6.45, 7) is 11.4. The van der Waals surface area contributed by atoms with Crippen molar-refractivity contribution in [2.24, 2.45) is 17.2 Å². The zero-order chi connectivity index (χ0) is 14.5. The van der Waals surface area contributed by atoms with Crippen LogP contribution in [0.4, 0.5) is 0 Å². The second-order valence-electron chi connectivity index (χ2n) is 6.92. The summed E-state index contributed by atoms with van der Waals surface area (Å²) in [5.74, 6) is 6.42. The summed E-state index contributed by atoms with van der Waals surface area (Å²) < 4.78 is 0. The lowest BCUT2D eigenvalue weighted by Crippen LogP contribution is -2.30. The molecule has 19 heavy (non-hydrogen) atoms. The molecule has 2 nitrogen and oxygen atoms in total. The number of hydrogen-bond acceptors (Lipinski definition) is 2. The number of rotatable bonds is 6. The van der Waals surface area contributed by atoms with E-state index >= 15 is 0 Å². The highest BCUT2D eigenvalue weighted by Crippen LogP contribution is 2.30. The molecule has 0 saturated heterocycles. The Kier molecular flexibility index (Phi) is 6.02. The van der Waals surface area contributed by atoms with Crippen LogP contribution < -0.4 is 11.3 Å². The molecule has 3 N–H and O–H groups in total. The molecule has 1 aromatic carbocycles. The van der Waals surface area contributed by atoms with Crippen LogP contribution in [0.15, 0.2) is 24.3 Å². The van der Waals surface area contributed by atoms with Gasteiger partial charge in [-0.3, -0.25) is 11.3 Å². The zero-order valence-electron chi connectivity index (χ0n) is 13.2. The SMILES string of the molecule is CCc1cccc(C(CC(C)CC(C)(C)C)NN)c1. The van der Waals surface area contributed by atoms with E-state index in [0.717, 1.165) is 12.8 Å². The molecular weight excluding hydrogens is 232 g/mol. The summed E-state index contributed by atoms with van der Waals surface area (Å²) >= 11 is 0. The smallest absolute Gasteiger partial charge is 0.0462 e. The van der Waals surface area contributed by atoms with Gasteiger partial charge in [-0.15, -0.1) is 0 Å². The molecule has 2 heteroatoms. The molecule has 0 aliphatic rings. The van der Waals surface area contributed by atoms with E-state index in [2.05, 4.69) is 64.3 Å². The number of benzene rings is 1. The highest BCUT2D eigenvalue weighted by Gasteiger charge is 2.19. The van der Waals surface area contributed by atoms with Crippen LogP contribution in [-0.4, -0.2) is 0 Å². The lowest BCUT2D eigenvalue weighted by atomic mass is 9.82. The maximum atomic E-state index is 5.76. The molecular formula is C17H30N2. The van der Waals surface area contributed by atoms with Gasteiger partial charge in [0, 0.05) is 6.04 Å². The van der Waals surface area contributed by atoms with Gasteiger partial charge in [-0.25, -0.2) is 0 Å². The van der Waals surface area contributed by atoms with E-state index in [0.29, 0.717) is 11.3 Å². The minimum atomic E-state index is 0.254. The Balaban J connectivity index is 2.72. The normalized spacial score (nSPS) is 15.3. The van der Waals surface area contributed by atoms with Crippen LogP contribution in [0.5, 0.6) is 0 Å². The van der Waals surface area contributed by atoms with Gasteiger partial charge in [0.2, 0.25) is 0 Å². The molecule has 0 spiro atoms. The fourth-order valence-electron chi connectivity index (χ4n) is 2.86. The summed E-state index contributed by atoms with van der Waals surface area (Å²) in [6, 6.07) is 9.01. The summed E-state index contributed by atoms with van der Waals surface area (Å²) in [5.41, 5.74) is 6.05. The van der Waals surface area contributed by atoms with Gasteiger partial charge < -0.3 is 0 Å². The molecule has 0 amide bonds. The van der Waals surface area contributed by atoms with E-state index in [1.165, 1.54) is 17.5 Å². The monoisotopic (exact) mass is 262 g/mol. The van der Waals surface area contributed by atoms with Gasteiger partial charge in [0.15, 0.2) is 0 Å². The molecule has 0 saturated carbocycles. The van der Waals surface area contributed by atoms with E-state index < -0.39 is 0 Å². The van der Waals surface area contributed by atoms with Crippen LogP contribution in [-0.2, 0) is 6.42 Å². The minimum absolute atomic E-state index is 0.254. The van der Waals surface area contributed by atoms with Gasteiger partial charge in [-0.1, -0.05) is 58.9 Å². The van der Waals surface area contributed by atoms with Crippen molar-refractivity contribution in [1.82, 2.24) is 5.43 Å². The molecule has 1 aromatic rings. The largest absolute Gasteiger partial charge is 0.271 e. The summed E-state index contributed by atoms with van der Waals surface area (Å²) in [7, 11) is 0. The molecule has 0 aromatic heterocycles. The molecule has 1 rings (SSSR count). The van der Waals surface area contributed by atoms with Crippen LogP contribution in [0.2, 0.25) is 0 Å². The first-order chi connectivity index (χ1) is 8.85. The third-order valence-electron chi connectivity index (χ3n) is 3.56. The predicted octanol–water partition coefficient (Wildman–Crippen LogP) is 4.22. The van der Waals surface area contributed by atoms with Crippen LogP contribution in [0.3, 0.4) is 0 Å². The predicted molar refractivity (Wildman–Crippen MR) is 83.7 cm³/mol. The van der Waals surface area contributed by atoms with Crippen molar-refractivity contribution < 1.29 is 0 Å². The highest BCUT2D eigenvalue weighted by molar-refractivity contribution is 5.26. The van der Waals surface area contributed by atoms with E-state index in [1.807, 2.05) is 0 Å². The van der Waals surface area contributed by atoms with Crippen molar-refractivity contribution in [1.29, 1.82) is 0 Å². The van der Waals surface area contributed by atoms with Gasteiger partial charge in [0.1, 0.15) is 0 Å². The van der Waals surface area contributed by atoms with Crippen molar-refractivity contribution >= 4 is 0 Å². The molecule has 0 aliphatic heterocycles. The third-order valence-corrected chi connectivity index (χ3v) is 3.56. The van der Waals surface area contributed by atoms with Crippen molar-refractivity contribution in [2.45, 2.75) is 59.9 Å². The molecule has 0 heterocycles. The topological polar surface area (TPSA) is 38.0 Å². The van der Waals surface area contributed by atoms with E-state index in [-0.39, 0.29) is 6.04 Å². The molecule has 2 atom stereocenters. The Morgan fingerprint density at radius 2 is 1.95 bits per heavy atom. The number of hydrazine groups is 1. The van der Waals surface area contributed by atoms with Gasteiger partial charge in [-0.2, -0.15) is 0 Å². The standard InChI is InChI=1S/C17H30N2/c1-6-14-8-7-9-15(11-14)16(19-18)10-13(2)12-17(3,4)5/h7-9,11,13,16,19H,6,10,12,18H2,1-5H3. The first-order valence-electron chi connectivity index (χ1n) is 7.40. The molecule has 0 fully saturated rings. The van der Waals surface area contributed by atoms with Crippen molar-refractivity contribution in [3.8, 4) is 0 Å². The Hall–Kier alpha value is -0.860. The summed E-state index contributed by atoms with van der Waals surface area (Å²) in [5, 5.41) is 0. The van der Waals surface area contributed by atoms with Crippen LogP contribution in [0, 0.1) is 11.3 Å². The number of hydrogen-bond donors (Lipinski definition) is 2. The number of nitrogens with two attached hydrogens (primary N) is 1. The highest BCUT2D eigenvalue weighted by atomic mass is 15.2. The first-order valence-corrected chi connectivity index (χ1v) is 7.40. The second-order valence-corrected chi connectivity index (χ2v) is 6.92. The average Bonchev–Trinajstić information content (AvgIpc) is 2.34. The van der Waals surface area contributed by atoms with E-state index in [9.17, 15) is 0 Å². The molecule has 2 unspecified atom stereocenters. The van der Waals surface area contributed by atoms with Crippen LogP contribution in [0.25, 0.3) is 0 Å². The lowest BCUT2D eigenvalue weighted by Gasteiger charge is -2.26. The van der Waals surface area contributed by atoms with Gasteiger partial charge in [0.05, 0.1) is 0 Å². The minimum Gasteiger partial charge on any atom is -0.271 e. The first kappa shape index (κ1) is 16.2. The molecule has 0 bridgehead atoms. The third kappa shape index (κ3) is 5.75. The Bertz CT molecular complexity index is 379. The average molecular weight is 262 g/mol. The maximum Gasteiger partial charge on any atom is 0.0462 e. The quantitative estimate of drug-likeness (QED) is 0.595. The van der Waals surface area contributed by atoms with Crippen LogP contribution >= 0.6 is 0 Å². The molecule has 108 valence electrons. The number of nitrogens with one attached hydrogen (secondary N) is 1. The van der Waals surface area contributed by atoms with Crippen molar-refractivity contribution in [3.05, 3.63) is 35.4 Å². The van der Waals surface area contributed by atoms with E-state index in [4.69, 9.17) is 5.84 Å². The zero-order valence-corrected chi connectivity index (χ0v) is 13.2. The second kappa shape index (κ2) is 7.06. The van der Waals surface area contributed by atoms with E-state index in [1.54, 1.807) is 0 Å². The maximum absolute atomic E-state index is 5.76. The van der Waals surface area contributed by atoms with Gasteiger partial charge in [0.25, 0.3) is 0 Å². The van der Waals surface area contributed by atoms with Crippen molar-refractivity contribution in [3.63, 3.8) is 0 Å². The molecule has 0 aliphatic carbocycles. The fraction of sp³-hybridized carbons (Fsp3) is 0.647. The Morgan fingerprint density at radius 3 is 2.47 bits per heavy atom. The van der Waals surface area contributed by atoms with Gasteiger partial charge in [-0.05, 0) is 41.7 Å².